The van der Waals surface area contributed by atoms with Gasteiger partial charge in [-0.2, -0.15) is 0 Å². The fourth-order valence-corrected chi connectivity index (χ4v) is 0. The first-order chi connectivity index (χ1) is 2.83. The maximum atomic E-state index is 7.21. The topological polar surface area (TPSA) is 40.5 Å². The molecule has 0 saturated carbocycles. The van der Waals surface area contributed by atoms with E-state index in [1.54, 1.807) is 0 Å². The van der Waals surface area contributed by atoms with Gasteiger partial charge in [0.2, 0.25) is 0 Å². The van der Waals surface area contributed by atoms with Crippen LogP contribution in [-0.2, 0) is 0 Å². The third-order valence-corrected chi connectivity index (χ3v) is 0. The molecule has 0 amide bonds. The molecule has 0 rings (SSSR count). The van der Waals surface area contributed by atoms with Crippen molar-refractivity contribution >= 4 is 15.9 Å². The van der Waals surface area contributed by atoms with Gasteiger partial charge in [0.1, 0.15) is 0 Å². The number of halogens is 1. The van der Waals surface area contributed by atoms with Crippen LogP contribution in [0.15, 0.2) is 0 Å². The van der Waals surface area contributed by atoms with Gasteiger partial charge in [-0.05, 0) is 0 Å². The second-order valence-electron chi connectivity index (χ2n) is 0.823. The number of rotatable bonds is 0. The summed E-state index contributed by atoms with van der Waals surface area (Å²) < 4.78 is 14.4. The summed E-state index contributed by atoms with van der Waals surface area (Å²) >= 11 is -1.25. The zero-order valence-corrected chi connectivity index (χ0v) is 6.47. The van der Waals surface area contributed by atoms with Gasteiger partial charge in [0, 0.05) is 0 Å². The van der Waals surface area contributed by atoms with Crippen LogP contribution in [0.1, 0.15) is 20.3 Å². The van der Waals surface area contributed by atoms with E-state index in [1.165, 1.54) is 6.42 Å². The van der Waals surface area contributed by atoms with Gasteiger partial charge in [0.05, 0.1) is 0 Å². The van der Waals surface area contributed by atoms with Gasteiger partial charge in [0.15, 0.2) is 0 Å². The van der Waals surface area contributed by atoms with Crippen LogP contribution in [-0.4, -0.2) is 24.2 Å². The van der Waals surface area contributed by atoms with Gasteiger partial charge >= 0.3 is 24.2 Å². The van der Waals surface area contributed by atoms with Crippen LogP contribution in [0.3, 0.4) is 0 Å². The first kappa shape index (κ1) is 15.6. The molecule has 0 fully saturated rings. The summed E-state index contributed by atoms with van der Waals surface area (Å²) in [6.07, 6.45) is 1.25. The standard InChI is InChI=1S/C3H8.Al.ClH.2H2O/c1-3-2;;;;/h3H2,1-2H3;;1H;2*1H2/q;+3;;;/p-3. The third kappa shape index (κ3) is 275. The Hall–Kier alpha value is 0.742. The average Bonchev–Trinajstić information content (AvgIpc) is 1.39. The second kappa shape index (κ2) is 29.6. The van der Waals surface area contributed by atoms with Crippen molar-refractivity contribution in [3.63, 3.8) is 0 Å². The summed E-state index contributed by atoms with van der Waals surface area (Å²) in [7, 11) is 0. The molecular weight excluding hydrogens is 130 g/mol. The molecule has 44 valence electrons. The van der Waals surface area contributed by atoms with Crippen molar-refractivity contribution in [3.8, 4) is 0 Å². The molecule has 0 aliphatic rings. The summed E-state index contributed by atoms with van der Waals surface area (Å²) in [6, 6.07) is 0. The van der Waals surface area contributed by atoms with E-state index in [0.29, 0.717) is 0 Å². The van der Waals surface area contributed by atoms with Gasteiger partial charge in [-0.3, -0.25) is 0 Å². The molecule has 0 aliphatic heterocycles. The van der Waals surface area contributed by atoms with Crippen molar-refractivity contribution in [2.75, 3.05) is 0 Å². The molecule has 7 heavy (non-hydrogen) atoms. The quantitative estimate of drug-likeness (QED) is 0.351. The third-order valence-electron chi connectivity index (χ3n) is 0. The molecule has 0 heterocycles. The average molecular weight is 141 g/mol. The van der Waals surface area contributed by atoms with Crippen molar-refractivity contribution in [3.05, 3.63) is 0 Å². The van der Waals surface area contributed by atoms with Crippen LogP contribution in [0.2, 0.25) is 0 Å². The normalized spacial score (nSPS) is 4.00. The van der Waals surface area contributed by atoms with Gasteiger partial charge in [-0.25, -0.2) is 0 Å². The second-order valence-corrected chi connectivity index (χ2v) is 1.05. The first-order valence-electron chi connectivity index (χ1n) is 1.93. The molecule has 0 aromatic carbocycles. The Bertz CT molecular complexity index is 14.9. The molecule has 4 heteroatoms. The van der Waals surface area contributed by atoms with Crippen molar-refractivity contribution in [2.45, 2.75) is 20.3 Å². The summed E-state index contributed by atoms with van der Waals surface area (Å²) in [5.41, 5.74) is 0. The van der Waals surface area contributed by atoms with E-state index in [4.69, 9.17) is 8.32 Å². The maximum absolute atomic E-state index is 7.21. The Labute approximate surface area is 57.3 Å². The fourth-order valence-electron chi connectivity index (χ4n) is 0. The molecule has 0 aliphatic carbocycles. The molecule has 0 atom stereocenters. The SMILES string of the molecule is CCC.[Cl-].[OH][Al+][OH]. The minimum absolute atomic E-state index is 0. The Morgan fingerprint density at radius 3 is 1.29 bits per heavy atom. The van der Waals surface area contributed by atoms with Crippen LogP contribution in [0.4, 0.5) is 0 Å². The van der Waals surface area contributed by atoms with Gasteiger partial charge in [-0.15, -0.1) is 0 Å². The number of hydrogen-bond donors (Lipinski definition) is 2. The van der Waals surface area contributed by atoms with Crippen LogP contribution in [0.25, 0.3) is 0 Å². The van der Waals surface area contributed by atoms with Crippen molar-refractivity contribution in [2.24, 2.45) is 0 Å². The van der Waals surface area contributed by atoms with Crippen LogP contribution >= 0.6 is 0 Å². The summed E-state index contributed by atoms with van der Waals surface area (Å²) in [5.74, 6) is 0. The predicted molar refractivity (Wildman–Crippen MR) is 26.2 cm³/mol. The molecule has 0 spiro atoms. The van der Waals surface area contributed by atoms with E-state index >= 15 is 0 Å². The summed E-state index contributed by atoms with van der Waals surface area (Å²) in [5, 5.41) is 0. The van der Waals surface area contributed by atoms with Crippen LogP contribution in [0.5, 0.6) is 0 Å². The monoisotopic (exact) mass is 140 g/mol. The predicted octanol–water partition coefficient (Wildman–Crippen LogP) is -3.07. The Morgan fingerprint density at radius 2 is 1.29 bits per heavy atom. The molecule has 0 saturated heterocycles. The van der Waals surface area contributed by atoms with E-state index in [0.717, 1.165) is 0 Å². The van der Waals surface area contributed by atoms with E-state index in [-0.39, 0.29) is 12.4 Å². The van der Waals surface area contributed by atoms with Gasteiger partial charge < -0.3 is 12.4 Å². The molecule has 0 aromatic heterocycles. The summed E-state index contributed by atoms with van der Waals surface area (Å²) in [4.78, 5) is 0. The van der Waals surface area contributed by atoms with Crippen molar-refractivity contribution in [1.29, 1.82) is 0 Å². The molecular formula is C3H10AlClO2. The van der Waals surface area contributed by atoms with E-state index < -0.39 is 15.9 Å². The van der Waals surface area contributed by atoms with E-state index in [1.807, 2.05) is 0 Å². The molecule has 2 nitrogen and oxygen atoms in total. The van der Waals surface area contributed by atoms with Crippen molar-refractivity contribution < 1.29 is 20.7 Å². The summed E-state index contributed by atoms with van der Waals surface area (Å²) in [6.45, 7) is 4.25. The first-order valence-corrected chi connectivity index (χ1v) is 2.96. The van der Waals surface area contributed by atoms with Crippen molar-refractivity contribution in [1.82, 2.24) is 0 Å². The Kier molecular flexibility index (Phi) is 66.1. The fraction of sp³-hybridized carbons (Fsp3) is 1.00. The zero-order chi connectivity index (χ0) is 5.41. The Balaban J connectivity index is -0.0000000400. The van der Waals surface area contributed by atoms with Crippen LogP contribution in [0, 0.1) is 0 Å². The molecule has 0 aromatic rings. The zero-order valence-electron chi connectivity index (χ0n) is 4.56. The molecule has 0 bridgehead atoms. The van der Waals surface area contributed by atoms with Gasteiger partial charge in [0.25, 0.3) is 0 Å². The van der Waals surface area contributed by atoms with E-state index in [9.17, 15) is 0 Å². The molecule has 2 N–H and O–H groups in total. The van der Waals surface area contributed by atoms with Gasteiger partial charge in [-0.1, -0.05) is 20.3 Å². The van der Waals surface area contributed by atoms with Crippen LogP contribution < -0.4 is 12.4 Å². The number of hydrogen-bond acceptors (Lipinski definition) is 2. The Morgan fingerprint density at radius 1 is 1.29 bits per heavy atom. The molecule has 0 radical (unpaired) electrons. The molecule has 0 unspecified atom stereocenters. The van der Waals surface area contributed by atoms with E-state index in [2.05, 4.69) is 13.8 Å². The minimum atomic E-state index is -1.25.